The third kappa shape index (κ3) is 2.97. The lowest BCUT2D eigenvalue weighted by atomic mass is 9.77. The van der Waals surface area contributed by atoms with Crippen LogP contribution in [0.3, 0.4) is 0 Å². The Balaban J connectivity index is 2.41. The number of hydrogen-bond donors (Lipinski definition) is 1. The first-order valence-electron chi connectivity index (χ1n) is 6.67. The average molecular weight is 290 g/mol. The highest BCUT2D eigenvalue weighted by Crippen LogP contribution is 2.35. The van der Waals surface area contributed by atoms with Gasteiger partial charge in [-0.2, -0.15) is 0 Å². The quantitative estimate of drug-likeness (QED) is 0.908. The molecule has 0 spiro atoms. The Hall–Kier alpha value is -1.51. The van der Waals surface area contributed by atoms with Gasteiger partial charge < -0.3 is 10.5 Å². The molecule has 0 radical (unpaired) electrons. The molecule has 106 valence electrons. The summed E-state index contributed by atoms with van der Waals surface area (Å²) in [5.41, 5.74) is 8.07. The fourth-order valence-electron chi connectivity index (χ4n) is 2.48. The molecule has 20 heavy (non-hydrogen) atoms. The van der Waals surface area contributed by atoms with Gasteiger partial charge >= 0.3 is 0 Å². The molecule has 0 aromatic heterocycles. The van der Waals surface area contributed by atoms with E-state index < -0.39 is 0 Å². The van der Waals surface area contributed by atoms with Gasteiger partial charge in [0, 0.05) is 22.5 Å². The molecule has 2 N–H and O–H groups in total. The van der Waals surface area contributed by atoms with Crippen LogP contribution in [0.15, 0.2) is 48.5 Å². The highest BCUT2D eigenvalue weighted by atomic mass is 35.5. The summed E-state index contributed by atoms with van der Waals surface area (Å²) in [6, 6.07) is 15.9. The van der Waals surface area contributed by atoms with E-state index in [9.17, 15) is 0 Å². The summed E-state index contributed by atoms with van der Waals surface area (Å²) in [5.74, 6) is 0.868. The normalized spacial score (nSPS) is 13.8. The van der Waals surface area contributed by atoms with Crippen molar-refractivity contribution >= 4 is 11.6 Å². The molecule has 0 saturated heterocycles. The molecule has 2 aromatic carbocycles. The summed E-state index contributed by atoms with van der Waals surface area (Å²) in [6.07, 6.45) is 0.781. The Morgan fingerprint density at radius 1 is 1.10 bits per heavy atom. The van der Waals surface area contributed by atoms with E-state index in [1.54, 1.807) is 7.11 Å². The van der Waals surface area contributed by atoms with E-state index in [0.717, 1.165) is 28.3 Å². The van der Waals surface area contributed by atoms with Gasteiger partial charge in [0.25, 0.3) is 0 Å². The second-order valence-electron chi connectivity index (χ2n) is 5.23. The third-order valence-corrected chi connectivity index (χ3v) is 4.11. The predicted octanol–water partition coefficient (Wildman–Crippen LogP) is 3.81. The molecular formula is C17H20ClNO. The topological polar surface area (TPSA) is 35.2 Å². The van der Waals surface area contributed by atoms with E-state index in [4.69, 9.17) is 22.1 Å². The van der Waals surface area contributed by atoms with Gasteiger partial charge in [0.15, 0.2) is 0 Å². The molecule has 0 aliphatic carbocycles. The number of ether oxygens (including phenoxy) is 1. The summed E-state index contributed by atoms with van der Waals surface area (Å²) in [5, 5.41) is 0.780. The average Bonchev–Trinajstić information content (AvgIpc) is 2.49. The van der Waals surface area contributed by atoms with Crippen LogP contribution in [-0.4, -0.2) is 13.7 Å². The second kappa shape index (κ2) is 6.29. The van der Waals surface area contributed by atoms with Crippen LogP contribution < -0.4 is 10.5 Å². The van der Waals surface area contributed by atoms with Crippen LogP contribution in [0.25, 0.3) is 0 Å². The summed E-state index contributed by atoms with van der Waals surface area (Å²) in [6.45, 7) is 2.67. The minimum absolute atomic E-state index is 0.211. The Kier molecular flexibility index (Phi) is 4.69. The van der Waals surface area contributed by atoms with E-state index in [0.29, 0.717) is 6.54 Å². The van der Waals surface area contributed by atoms with Gasteiger partial charge in [0.2, 0.25) is 0 Å². The van der Waals surface area contributed by atoms with Crippen LogP contribution in [0.5, 0.6) is 5.75 Å². The molecule has 0 aliphatic rings. The van der Waals surface area contributed by atoms with E-state index in [2.05, 4.69) is 13.0 Å². The molecule has 1 unspecified atom stereocenters. The molecule has 2 rings (SSSR count). The van der Waals surface area contributed by atoms with Crippen LogP contribution in [0.1, 0.15) is 18.1 Å². The number of halogens is 1. The first-order valence-corrected chi connectivity index (χ1v) is 7.05. The molecule has 2 nitrogen and oxygen atoms in total. The molecule has 0 aliphatic heterocycles. The largest absolute Gasteiger partial charge is 0.496 e. The van der Waals surface area contributed by atoms with Crippen molar-refractivity contribution in [2.75, 3.05) is 13.7 Å². The zero-order valence-electron chi connectivity index (χ0n) is 11.9. The minimum Gasteiger partial charge on any atom is -0.496 e. The SMILES string of the molecule is COc1ccccc1C(C)(CN)Cc1ccccc1Cl. The van der Waals surface area contributed by atoms with Crippen molar-refractivity contribution in [2.24, 2.45) is 5.73 Å². The van der Waals surface area contributed by atoms with Gasteiger partial charge in [-0.3, -0.25) is 0 Å². The highest BCUT2D eigenvalue weighted by Gasteiger charge is 2.29. The third-order valence-electron chi connectivity index (χ3n) is 3.75. The molecular weight excluding hydrogens is 270 g/mol. The van der Waals surface area contributed by atoms with Gasteiger partial charge in [-0.25, -0.2) is 0 Å². The van der Waals surface area contributed by atoms with Crippen molar-refractivity contribution in [3.8, 4) is 5.75 Å². The summed E-state index contributed by atoms with van der Waals surface area (Å²) >= 11 is 6.28. The smallest absolute Gasteiger partial charge is 0.122 e. The van der Waals surface area contributed by atoms with Crippen LogP contribution in [0, 0.1) is 0 Å². The number of nitrogens with two attached hydrogens (primary N) is 1. The molecule has 0 amide bonds. The lowest BCUT2D eigenvalue weighted by Gasteiger charge is -2.30. The van der Waals surface area contributed by atoms with Gasteiger partial charge in [-0.05, 0) is 24.1 Å². The van der Waals surface area contributed by atoms with E-state index >= 15 is 0 Å². The van der Waals surface area contributed by atoms with Crippen molar-refractivity contribution < 1.29 is 4.74 Å². The van der Waals surface area contributed by atoms with Crippen molar-refractivity contribution in [1.82, 2.24) is 0 Å². The van der Waals surface area contributed by atoms with Crippen molar-refractivity contribution in [1.29, 1.82) is 0 Å². The second-order valence-corrected chi connectivity index (χ2v) is 5.64. The maximum atomic E-state index is 6.28. The number of benzene rings is 2. The molecule has 3 heteroatoms. The monoisotopic (exact) mass is 289 g/mol. The zero-order valence-corrected chi connectivity index (χ0v) is 12.7. The molecule has 0 saturated carbocycles. The van der Waals surface area contributed by atoms with Crippen LogP contribution in [-0.2, 0) is 11.8 Å². The maximum absolute atomic E-state index is 6.28. The predicted molar refractivity (Wildman–Crippen MR) is 84.6 cm³/mol. The molecule has 1 atom stereocenters. The van der Waals surface area contributed by atoms with Gasteiger partial charge in [-0.15, -0.1) is 0 Å². The van der Waals surface area contributed by atoms with Crippen LogP contribution in [0.2, 0.25) is 5.02 Å². The fourth-order valence-corrected chi connectivity index (χ4v) is 2.69. The van der Waals surface area contributed by atoms with Gasteiger partial charge in [0.05, 0.1) is 7.11 Å². The fraction of sp³-hybridized carbons (Fsp3) is 0.294. The van der Waals surface area contributed by atoms with Crippen molar-refractivity contribution in [3.63, 3.8) is 0 Å². The standard InChI is InChI=1S/C17H20ClNO/c1-17(12-19,11-13-7-3-5-9-15(13)18)14-8-4-6-10-16(14)20-2/h3-10H,11-12,19H2,1-2H3. The van der Waals surface area contributed by atoms with Crippen LogP contribution >= 0.6 is 11.6 Å². The molecule has 0 heterocycles. The lowest BCUT2D eigenvalue weighted by Crippen LogP contribution is -2.34. The summed E-state index contributed by atoms with van der Waals surface area (Å²) in [7, 11) is 1.69. The molecule has 0 bridgehead atoms. The van der Waals surface area contributed by atoms with Crippen molar-refractivity contribution in [2.45, 2.75) is 18.8 Å². The zero-order chi connectivity index (χ0) is 14.6. The number of hydrogen-bond acceptors (Lipinski definition) is 2. The van der Waals surface area contributed by atoms with E-state index in [-0.39, 0.29) is 5.41 Å². The summed E-state index contributed by atoms with van der Waals surface area (Å²) < 4.78 is 5.47. The first-order chi connectivity index (χ1) is 9.60. The maximum Gasteiger partial charge on any atom is 0.122 e. The lowest BCUT2D eigenvalue weighted by molar-refractivity contribution is 0.385. The Morgan fingerprint density at radius 2 is 1.75 bits per heavy atom. The van der Waals surface area contributed by atoms with Crippen molar-refractivity contribution in [3.05, 3.63) is 64.7 Å². The Morgan fingerprint density at radius 3 is 2.40 bits per heavy atom. The van der Waals surface area contributed by atoms with Crippen LogP contribution in [0.4, 0.5) is 0 Å². The number of rotatable bonds is 5. The first kappa shape index (κ1) is 14.9. The number of methoxy groups -OCH3 is 1. The Bertz CT molecular complexity index is 585. The van der Waals surface area contributed by atoms with Gasteiger partial charge in [-0.1, -0.05) is 54.9 Å². The van der Waals surface area contributed by atoms with E-state index in [1.807, 2.05) is 42.5 Å². The highest BCUT2D eigenvalue weighted by molar-refractivity contribution is 6.31. The minimum atomic E-state index is -0.211. The van der Waals surface area contributed by atoms with Gasteiger partial charge in [0.1, 0.15) is 5.75 Å². The molecule has 2 aromatic rings. The Labute approximate surface area is 125 Å². The molecule has 0 fully saturated rings. The summed E-state index contributed by atoms with van der Waals surface area (Å²) in [4.78, 5) is 0. The number of para-hydroxylation sites is 1. The van der Waals surface area contributed by atoms with E-state index in [1.165, 1.54) is 0 Å².